The topological polar surface area (TPSA) is 46.3 Å². The first-order chi connectivity index (χ1) is 7.61. The lowest BCUT2D eigenvalue weighted by Gasteiger charge is -2.31. The lowest BCUT2D eigenvalue weighted by Crippen LogP contribution is -2.46. The SMILES string of the molecule is CC.CC.CC1CCCN(C(=O)C(C)N)C1. The van der Waals surface area contributed by atoms with Crippen LogP contribution < -0.4 is 5.73 Å². The first-order valence-electron chi connectivity index (χ1n) is 6.65. The number of amides is 1. The third kappa shape index (κ3) is 6.83. The van der Waals surface area contributed by atoms with Crippen LogP contribution in [0.25, 0.3) is 0 Å². The maximum absolute atomic E-state index is 11.4. The molecule has 1 amide bonds. The van der Waals surface area contributed by atoms with Gasteiger partial charge in [-0.2, -0.15) is 0 Å². The van der Waals surface area contributed by atoms with Gasteiger partial charge in [0.15, 0.2) is 0 Å². The van der Waals surface area contributed by atoms with Crippen molar-refractivity contribution in [1.29, 1.82) is 0 Å². The molecule has 0 aliphatic carbocycles. The van der Waals surface area contributed by atoms with Crippen molar-refractivity contribution in [2.45, 2.75) is 60.4 Å². The number of rotatable bonds is 1. The van der Waals surface area contributed by atoms with Crippen molar-refractivity contribution in [3.63, 3.8) is 0 Å². The smallest absolute Gasteiger partial charge is 0.239 e. The number of nitrogens with two attached hydrogens (primary N) is 1. The van der Waals surface area contributed by atoms with Gasteiger partial charge < -0.3 is 10.6 Å². The maximum Gasteiger partial charge on any atom is 0.239 e. The van der Waals surface area contributed by atoms with Gasteiger partial charge in [0.2, 0.25) is 5.91 Å². The number of carbonyl (C=O) groups excluding carboxylic acids is 1. The molecule has 98 valence electrons. The quantitative estimate of drug-likeness (QED) is 0.752. The number of carbonyl (C=O) groups is 1. The van der Waals surface area contributed by atoms with E-state index in [-0.39, 0.29) is 11.9 Å². The average molecular weight is 230 g/mol. The summed E-state index contributed by atoms with van der Waals surface area (Å²) < 4.78 is 0. The van der Waals surface area contributed by atoms with Crippen LogP contribution in [0.5, 0.6) is 0 Å². The van der Waals surface area contributed by atoms with Gasteiger partial charge >= 0.3 is 0 Å². The van der Waals surface area contributed by atoms with Crippen molar-refractivity contribution in [3.05, 3.63) is 0 Å². The Morgan fingerprint density at radius 1 is 1.31 bits per heavy atom. The molecular weight excluding hydrogens is 200 g/mol. The van der Waals surface area contributed by atoms with Gasteiger partial charge in [0.25, 0.3) is 0 Å². The molecule has 2 unspecified atom stereocenters. The van der Waals surface area contributed by atoms with Gasteiger partial charge in [-0.05, 0) is 25.7 Å². The van der Waals surface area contributed by atoms with Crippen molar-refractivity contribution in [3.8, 4) is 0 Å². The maximum atomic E-state index is 11.4. The highest BCUT2D eigenvalue weighted by molar-refractivity contribution is 5.81. The Balaban J connectivity index is 0. The average Bonchev–Trinajstić information content (AvgIpc) is 2.33. The minimum Gasteiger partial charge on any atom is -0.341 e. The van der Waals surface area contributed by atoms with E-state index in [2.05, 4.69) is 6.92 Å². The van der Waals surface area contributed by atoms with E-state index in [1.54, 1.807) is 6.92 Å². The molecule has 0 aromatic heterocycles. The molecule has 0 saturated carbocycles. The third-order valence-corrected chi connectivity index (χ3v) is 2.36. The highest BCUT2D eigenvalue weighted by atomic mass is 16.2. The van der Waals surface area contributed by atoms with Crippen molar-refractivity contribution >= 4 is 5.91 Å². The standard InChI is InChI=1S/C9H18N2O.2C2H6/c1-7-4-3-5-11(6-7)9(12)8(2)10;2*1-2/h7-8H,3-6,10H2,1-2H3;2*1-2H3. The van der Waals surface area contributed by atoms with Crippen molar-refractivity contribution in [1.82, 2.24) is 4.90 Å². The molecular formula is C13H30N2O. The van der Waals surface area contributed by atoms with Gasteiger partial charge in [0.1, 0.15) is 0 Å². The van der Waals surface area contributed by atoms with Crippen LogP contribution in [-0.2, 0) is 4.79 Å². The summed E-state index contributed by atoms with van der Waals surface area (Å²) >= 11 is 0. The first-order valence-corrected chi connectivity index (χ1v) is 6.65. The van der Waals surface area contributed by atoms with Gasteiger partial charge in [-0.15, -0.1) is 0 Å². The van der Waals surface area contributed by atoms with Crippen molar-refractivity contribution < 1.29 is 4.79 Å². The molecule has 0 aromatic carbocycles. The zero-order valence-corrected chi connectivity index (χ0v) is 11.9. The number of hydrogen-bond donors (Lipinski definition) is 1. The summed E-state index contributed by atoms with van der Waals surface area (Å²) in [4.78, 5) is 13.3. The number of likely N-dealkylation sites (tertiary alicyclic amines) is 1. The lowest BCUT2D eigenvalue weighted by atomic mass is 10.00. The molecule has 0 spiro atoms. The molecule has 2 N–H and O–H groups in total. The molecule has 2 atom stereocenters. The molecule has 16 heavy (non-hydrogen) atoms. The number of piperidine rings is 1. The minimum atomic E-state index is -0.338. The van der Waals surface area contributed by atoms with E-state index in [1.807, 2.05) is 32.6 Å². The summed E-state index contributed by atoms with van der Waals surface area (Å²) in [5, 5.41) is 0. The molecule has 1 aliphatic rings. The Morgan fingerprint density at radius 2 is 1.81 bits per heavy atom. The van der Waals surface area contributed by atoms with Crippen LogP contribution in [0.2, 0.25) is 0 Å². The van der Waals surface area contributed by atoms with E-state index >= 15 is 0 Å². The highest BCUT2D eigenvalue weighted by Gasteiger charge is 2.22. The van der Waals surface area contributed by atoms with E-state index in [4.69, 9.17) is 5.73 Å². The summed E-state index contributed by atoms with van der Waals surface area (Å²) in [5.74, 6) is 0.739. The van der Waals surface area contributed by atoms with E-state index in [9.17, 15) is 4.79 Å². The molecule has 3 heteroatoms. The second kappa shape index (κ2) is 10.9. The predicted octanol–water partition coefficient (Wildman–Crippen LogP) is 2.64. The molecule has 1 rings (SSSR count). The van der Waals surface area contributed by atoms with Gasteiger partial charge in [0.05, 0.1) is 6.04 Å². The zero-order valence-electron chi connectivity index (χ0n) is 11.9. The third-order valence-electron chi connectivity index (χ3n) is 2.36. The first kappa shape index (κ1) is 17.8. The van der Waals surface area contributed by atoms with E-state index in [0.717, 1.165) is 19.5 Å². The molecule has 1 aliphatic heterocycles. The second-order valence-corrected chi connectivity index (χ2v) is 3.82. The van der Waals surface area contributed by atoms with Crippen LogP contribution in [0.15, 0.2) is 0 Å². The Kier molecular flexibility index (Phi) is 12.2. The van der Waals surface area contributed by atoms with E-state index in [0.29, 0.717) is 5.92 Å². The van der Waals surface area contributed by atoms with Crippen molar-refractivity contribution in [2.75, 3.05) is 13.1 Å². The summed E-state index contributed by atoms with van der Waals surface area (Å²) in [6.45, 7) is 13.7. The Labute approximate surface area is 101 Å². The number of nitrogens with zero attached hydrogens (tertiary/aromatic N) is 1. The van der Waals surface area contributed by atoms with Gasteiger partial charge in [0, 0.05) is 13.1 Å². The largest absolute Gasteiger partial charge is 0.341 e. The van der Waals surface area contributed by atoms with Crippen LogP contribution in [0.3, 0.4) is 0 Å². The molecule has 0 bridgehead atoms. The summed E-state index contributed by atoms with van der Waals surface area (Å²) in [6, 6.07) is -0.338. The normalized spacial score (nSPS) is 20.9. The van der Waals surface area contributed by atoms with Crippen LogP contribution >= 0.6 is 0 Å². The van der Waals surface area contributed by atoms with Crippen LogP contribution in [-0.4, -0.2) is 29.9 Å². The Bertz CT molecular complexity index is 169. The molecule has 3 nitrogen and oxygen atoms in total. The number of hydrogen-bond acceptors (Lipinski definition) is 2. The van der Waals surface area contributed by atoms with Crippen molar-refractivity contribution in [2.24, 2.45) is 11.7 Å². The molecule has 1 fully saturated rings. The fourth-order valence-electron chi connectivity index (χ4n) is 1.68. The summed E-state index contributed by atoms with van der Waals surface area (Å²) in [5.41, 5.74) is 5.52. The van der Waals surface area contributed by atoms with E-state index in [1.165, 1.54) is 6.42 Å². The lowest BCUT2D eigenvalue weighted by molar-refractivity contribution is -0.133. The predicted molar refractivity (Wildman–Crippen MR) is 71.3 cm³/mol. The molecule has 0 aromatic rings. The fraction of sp³-hybridized carbons (Fsp3) is 0.923. The summed E-state index contributed by atoms with van der Waals surface area (Å²) in [7, 11) is 0. The zero-order chi connectivity index (χ0) is 13.1. The molecule has 1 saturated heterocycles. The second-order valence-electron chi connectivity index (χ2n) is 3.82. The van der Waals surface area contributed by atoms with Gasteiger partial charge in [-0.3, -0.25) is 4.79 Å². The highest BCUT2D eigenvalue weighted by Crippen LogP contribution is 2.15. The molecule has 0 radical (unpaired) electrons. The van der Waals surface area contributed by atoms with Crippen LogP contribution in [0.1, 0.15) is 54.4 Å². The van der Waals surface area contributed by atoms with E-state index < -0.39 is 0 Å². The monoisotopic (exact) mass is 230 g/mol. The Morgan fingerprint density at radius 3 is 2.19 bits per heavy atom. The Hall–Kier alpha value is -0.570. The minimum absolute atomic E-state index is 0.0987. The van der Waals surface area contributed by atoms with Gasteiger partial charge in [-0.25, -0.2) is 0 Å². The van der Waals surface area contributed by atoms with Gasteiger partial charge in [-0.1, -0.05) is 34.6 Å². The summed E-state index contributed by atoms with van der Waals surface area (Å²) in [6.07, 6.45) is 2.36. The molecule has 1 heterocycles. The van der Waals surface area contributed by atoms with Crippen LogP contribution in [0, 0.1) is 5.92 Å². The fourth-order valence-corrected chi connectivity index (χ4v) is 1.68. The van der Waals surface area contributed by atoms with Crippen LogP contribution in [0.4, 0.5) is 0 Å².